The van der Waals surface area contributed by atoms with Crippen LogP contribution in [0.4, 0.5) is 0 Å². The molecule has 0 saturated carbocycles. The van der Waals surface area contributed by atoms with Crippen LogP contribution in [0.3, 0.4) is 0 Å². The summed E-state index contributed by atoms with van der Waals surface area (Å²) in [4.78, 5) is 24.2. The maximum absolute atomic E-state index is 12.5. The molecule has 1 aromatic carbocycles. The molecule has 1 heterocycles. The van der Waals surface area contributed by atoms with E-state index in [-0.39, 0.29) is 16.4 Å². The normalized spacial score (nSPS) is 16.6. The summed E-state index contributed by atoms with van der Waals surface area (Å²) < 4.78 is 31.1. The molecule has 1 aliphatic heterocycles. The van der Waals surface area contributed by atoms with Gasteiger partial charge in [-0.25, -0.2) is 13.2 Å². The lowest BCUT2D eigenvalue weighted by atomic mass is 10.0. The molecule has 0 spiro atoms. The van der Waals surface area contributed by atoms with E-state index >= 15 is 0 Å². The lowest BCUT2D eigenvalue weighted by Crippen LogP contribution is -2.45. The average molecular weight is 368 g/mol. The molecule has 1 amide bonds. The summed E-state index contributed by atoms with van der Waals surface area (Å²) in [5.74, 6) is -1.10. The number of nitrogens with zero attached hydrogens (tertiary/aromatic N) is 1. The van der Waals surface area contributed by atoms with E-state index in [4.69, 9.17) is 4.74 Å². The van der Waals surface area contributed by atoms with Gasteiger partial charge in [0.2, 0.25) is 10.0 Å². The highest BCUT2D eigenvalue weighted by Gasteiger charge is 2.28. The molecule has 1 fully saturated rings. The molecule has 8 heteroatoms. The van der Waals surface area contributed by atoms with E-state index in [1.165, 1.54) is 35.7 Å². The number of benzene rings is 1. The third-order valence-electron chi connectivity index (χ3n) is 4.23. The summed E-state index contributed by atoms with van der Waals surface area (Å²) in [5, 5.41) is 2.62. The predicted molar refractivity (Wildman–Crippen MR) is 92.5 cm³/mol. The van der Waals surface area contributed by atoms with Crippen molar-refractivity contribution in [2.24, 2.45) is 5.92 Å². The summed E-state index contributed by atoms with van der Waals surface area (Å²) in [5.41, 5.74) is 0.287. The molecule has 0 aromatic heterocycles. The number of hydrogen-bond donors (Lipinski definition) is 1. The van der Waals surface area contributed by atoms with Crippen molar-refractivity contribution in [3.63, 3.8) is 0 Å². The number of hydrogen-bond acceptors (Lipinski definition) is 5. The van der Waals surface area contributed by atoms with Gasteiger partial charge in [0.1, 0.15) is 6.04 Å². The van der Waals surface area contributed by atoms with E-state index in [1.807, 2.05) is 0 Å². The zero-order chi connectivity index (χ0) is 18.6. The number of sulfonamides is 1. The van der Waals surface area contributed by atoms with E-state index in [1.54, 1.807) is 13.8 Å². The third kappa shape index (κ3) is 4.38. The van der Waals surface area contributed by atoms with E-state index in [9.17, 15) is 18.0 Å². The minimum absolute atomic E-state index is 0.133. The number of esters is 1. The average Bonchev–Trinajstić information content (AvgIpc) is 3.14. The monoisotopic (exact) mass is 368 g/mol. The SMILES string of the molecule is COC(=O)C(NC(=O)c1ccc(S(=O)(=O)N2CCCC2)cc1)C(C)C. The van der Waals surface area contributed by atoms with Gasteiger partial charge in [-0.15, -0.1) is 0 Å². The summed E-state index contributed by atoms with van der Waals surface area (Å²) in [6.07, 6.45) is 1.73. The molecule has 0 aliphatic carbocycles. The molecule has 1 atom stereocenters. The lowest BCUT2D eigenvalue weighted by molar-refractivity contribution is -0.144. The third-order valence-corrected chi connectivity index (χ3v) is 6.14. The van der Waals surface area contributed by atoms with Crippen molar-refractivity contribution in [3.8, 4) is 0 Å². The second-order valence-electron chi connectivity index (χ2n) is 6.35. The number of amides is 1. The fraction of sp³-hybridized carbons (Fsp3) is 0.529. The fourth-order valence-corrected chi connectivity index (χ4v) is 4.22. The van der Waals surface area contributed by atoms with Gasteiger partial charge in [0.15, 0.2) is 0 Å². The first-order valence-corrected chi connectivity index (χ1v) is 9.70. The van der Waals surface area contributed by atoms with Crippen molar-refractivity contribution >= 4 is 21.9 Å². The van der Waals surface area contributed by atoms with Crippen molar-refractivity contribution in [2.45, 2.75) is 37.6 Å². The predicted octanol–water partition coefficient (Wildman–Crippen LogP) is 1.40. The van der Waals surface area contributed by atoms with E-state index in [2.05, 4.69) is 5.32 Å². The van der Waals surface area contributed by atoms with E-state index < -0.39 is 27.9 Å². The molecule has 1 aromatic rings. The minimum atomic E-state index is -3.51. The van der Waals surface area contributed by atoms with Gasteiger partial charge in [0.25, 0.3) is 5.91 Å². The molecular weight excluding hydrogens is 344 g/mol. The van der Waals surface area contributed by atoms with Gasteiger partial charge in [-0.05, 0) is 43.0 Å². The van der Waals surface area contributed by atoms with Gasteiger partial charge in [-0.2, -0.15) is 4.31 Å². The maximum Gasteiger partial charge on any atom is 0.328 e. The highest BCUT2D eigenvalue weighted by molar-refractivity contribution is 7.89. The summed E-state index contributed by atoms with van der Waals surface area (Å²) >= 11 is 0. The van der Waals surface area contributed by atoms with Crippen molar-refractivity contribution in [3.05, 3.63) is 29.8 Å². The van der Waals surface area contributed by atoms with Crippen LogP contribution < -0.4 is 5.32 Å². The standard InChI is InChI=1S/C17H24N2O5S/c1-12(2)15(17(21)24-3)18-16(20)13-6-8-14(9-7-13)25(22,23)19-10-4-5-11-19/h6-9,12,15H,4-5,10-11H2,1-3H3,(H,18,20). The summed E-state index contributed by atoms with van der Waals surface area (Å²) in [6, 6.07) is 4.99. The van der Waals surface area contributed by atoms with Gasteiger partial charge < -0.3 is 10.1 Å². The number of nitrogens with one attached hydrogen (secondary N) is 1. The van der Waals surface area contributed by atoms with Crippen LogP contribution in [0.25, 0.3) is 0 Å². The van der Waals surface area contributed by atoms with Gasteiger partial charge in [0.05, 0.1) is 12.0 Å². The maximum atomic E-state index is 12.5. The Morgan fingerprint density at radius 3 is 2.16 bits per heavy atom. The first-order valence-electron chi connectivity index (χ1n) is 8.26. The van der Waals surface area contributed by atoms with Crippen molar-refractivity contribution in [1.82, 2.24) is 9.62 Å². The van der Waals surface area contributed by atoms with Crippen LogP contribution >= 0.6 is 0 Å². The minimum Gasteiger partial charge on any atom is -0.467 e. The molecule has 2 rings (SSSR count). The van der Waals surface area contributed by atoms with Crippen LogP contribution in [-0.2, 0) is 19.6 Å². The summed E-state index contributed by atoms with van der Waals surface area (Å²) in [7, 11) is -2.24. The Kier molecular flexibility index (Phi) is 6.18. The number of methoxy groups -OCH3 is 1. The molecule has 1 unspecified atom stereocenters. The Hall–Kier alpha value is -1.93. The Morgan fingerprint density at radius 1 is 1.12 bits per heavy atom. The van der Waals surface area contributed by atoms with Crippen LogP contribution in [0.1, 0.15) is 37.0 Å². The first-order chi connectivity index (χ1) is 11.8. The van der Waals surface area contributed by atoms with Crippen molar-refractivity contribution in [2.75, 3.05) is 20.2 Å². The van der Waals surface area contributed by atoms with Crippen molar-refractivity contribution in [1.29, 1.82) is 0 Å². The quantitative estimate of drug-likeness (QED) is 0.766. The van der Waals surface area contributed by atoms with Gasteiger partial charge in [-0.1, -0.05) is 13.8 Å². The number of carbonyl (C=O) groups is 2. The largest absolute Gasteiger partial charge is 0.467 e. The smallest absolute Gasteiger partial charge is 0.328 e. The van der Waals surface area contributed by atoms with Crippen LogP contribution in [0.15, 0.2) is 29.2 Å². The molecule has 0 bridgehead atoms. The zero-order valence-corrected chi connectivity index (χ0v) is 15.5. The van der Waals surface area contributed by atoms with Gasteiger partial charge in [-0.3, -0.25) is 4.79 Å². The Balaban J connectivity index is 2.13. The van der Waals surface area contributed by atoms with Crippen molar-refractivity contribution < 1.29 is 22.7 Å². The van der Waals surface area contributed by atoms with E-state index in [0.717, 1.165) is 12.8 Å². The molecule has 0 radical (unpaired) electrons. The fourth-order valence-electron chi connectivity index (χ4n) is 2.71. The second-order valence-corrected chi connectivity index (χ2v) is 8.29. The Bertz CT molecular complexity index is 722. The molecule has 7 nitrogen and oxygen atoms in total. The Labute approximate surface area is 148 Å². The topological polar surface area (TPSA) is 92.8 Å². The van der Waals surface area contributed by atoms with Gasteiger partial charge >= 0.3 is 5.97 Å². The first kappa shape index (κ1) is 19.4. The van der Waals surface area contributed by atoms with E-state index in [0.29, 0.717) is 13.1 Å². The second kappa shape index (κ2) is 7.97. The number of ether oxygens (including phenoxy) is 1. The van der Waals surface area contributed by atoms with Crippen LogP contribution in [0.5, 0.6) is 0 Å². The lowest BCUT2D eigenvalue weighted by Gasteiger charge is -2.20. The molecule has 1 saturated heterocycles. The van der Waals surface area contributed by atoms with Crippen LogP contribution in [0, 0.1) is 5.92 Å². The molecule has 1 N–H and O–H groups in total. The number of rotatable bonds is 6. The number of carbonyl (C=O) groups excluding carboxylic acids is 2. The van der Waals surface area contributed by atoms with Gasteiger partial charge in [0, 0.05) is 18.7 Å². The molecule has 138 valence electrons. The molecule has 25 heavy (non-hydrogen) atoms. The Morgan fingerprint density at radius 2 is 1.68 bits per heavy atom. The van der Waals surface area contributed by atoms with Crippen LogP contribution in [0.2, 0.25) is 0 Å². The molecule has 1 aliphatic rings. The highest BCUT2D eigenvalue weighted by atomic mass is 32.2. The zero-order valence-electron chi connectivity index (χ0n) is 14.7. The summed E-state index contributed by atoms with van der Waals surface area (Å²) in [6.45, 7) is 4.65. The van der Waals surface area contributed by atoms with Crippen LogP contribution in [-0.4, -0.2) is 50.8 Å². The highest BCUT2D eigenvalue weighted by Crippen LogP contribution is 2.21. The molecular formula is C17H24N2O5S.